The predicted octanol–water partition coefficient (Wildman–Crippen LogP) is -1.12. The molecule has 5 nitrogen and oxygen atoms in total. The summed E-state index contributed by atoms with van der Waals surface area (Å²) in [5, 5.41) is 8.62. The number of nitrogens with two attached hydrogens (primary N) is 1. The van der Waals surface area contributed by atoms with E-state index < -0.39 is 11.9 Å². The number of carboxylic acids is 1. The summed E-state index contributed by atoms with van der Waals surface area (Å²) in [6, 6.07) is 0. The van der Waals surface area contributed by atoms with Crippen LogP contribution in [0.1, 0.15) is 6.42 Å². The minimum atomic E-state index is -0.831. The van der Waals surface area contributed by atoms with E-state index in [9.17, 15) is 9.59 Å². The number of rotatable bonds is 2. The topological polar surface area (TPSA) is 83.6 Å². The van der Waals surface area contributed by atoms with E-state index in [1.807, 2.05) is 0 Å². The molecular weight excluding hydrogens is 160 g/mol. The van der Waals surface area contributed by atoms with Crippen molar-refractivity contribution in [2.24, 2.45) is 11.7 Å². The van der Waals surface area contributed by atoms with E-state index in [1.54, 1.807) is 0 Å². The van der Waals surface area contributed by atoms with E-state index in [4.69, 9.17) is 10.8 Å². The highest BCUT2D eigenvalue weighted by Gasteiger charge is 2.29. The summed E-state index contributed by atoms with van der Waals surface area (Å²) in [7, 11) is 0. The van der Waals surface area contributed by atoms with Crippen molar-refractivity contribution in [3.05, 3.63) is 0 Å². The van der Waals surface area contributed by atoms with Crippen molar-refractivity contribution in [3.63, 3.8) is 0 Å². The molecule has 0 aromatic carbocycles. The molecule has 1 atom stereocenters. The highest BCUT2D eigenvalue weighted by Crippen LogP contribution is 2.15. The smallest absolute Gasteiger partial charge is 0.308 e. The second-order valence-electron chi connectivity index (χ2n) is 2.87. The summed E-state index contributed by atoms with van der Waals surface area (Å²) < 4.78 is 0. The van der Waals surface area contributed by atoms with Gasteiger partial charge < -0.3 is 15.7 Å². The second-order valence-corrected chi connectivity index (χ2v) is 2.87. The zero-order chi connectivity index (χ0) is 9.14. The van der Waals surface area contributed by atoms with E-state index >= 15 is 0 Å². The van der Waals surface area contributed by atoms with Crippen molar-refractivity contribution >= 4 is 11.9 Å². The summed E-state index contributed by atoms with van der Waals surface area (Å²) in [4.78, 5) is 23.0. The molecule has 0 aromatic rings. The summed E-state index contributed by atoms with van der Waals surface area (Å²) in [5.41, 5.74) is 5.13. The molecule has 12 heavy (non-hydrogen) atoms. The third-order valence-electron chi connectivity index (χ3n) is 2.06. The summed E-state index contributed by atoms with van der Waals surface area (Å²) >= 11 is 0. The Hall–Kier alpha value is -1.10. The van der Waals surface area contributed by atoms with Crippen LogP contribution in [-0.4, -0.2) is 41.5 Å². The zero-order valence-electron chi connectivity index (χ0n) is 6.69. The maximum atomic E-state index is 11.0. The molecule has 0 bridgehead atoms. The van der Waals surface area contributed by atoms with Gasteiger partial charge in [0.2, 0.25) is 5.91 Å². The third-order valence-corrected chi connectivity index (χ3v) is 2.06. The minimum absolute atomic E-state index is 0.0354. The van der Waals surface area contributed by atoms with E-state index in [-0.39, 0.29) is 12.5 Å². The van der Waals surface area contributed by atoms with Gasteiger partial charge in [-0.05, 0) is 6.42 Å². The normalized spacial score (nSPS) is 22.8. The number of carboxylic acid groups (broad SMARTS) is 1. The number of nitrogens with zero attached hydrogens (tertiary/aromatic N) is 1. The molecular formula is C7H12N2O3. The van der Waals surface area contributed by atoms with Gasteiger partial charge in [-0.3, -0.25) is 9.59 Å². The molecule has 1 aliphatic rings. The molecule has 1 rings (SSSR count). The van der Waals surface area contributed by atoms with Crippen LogP contribution in [0.2, 0.25) is 0 Å². The molecule has 1 aliphatic heterocycles. The Morgan fingerprint density at radius 2 is 2.25 bits per heavy atom. The van der Waals surface area contributed by atoms with Crippen molar-refractivity contribution in [2.45, 2.75) is 6.42 Å². The SMILES string of the molecule is NCC(=O)N1CCC(C(=O)O)C1. The van der Waals surface area contributed by atoms with Gasteiger partial charge >= 0.3 is 5.97 Å². The number of carbonyl (C=O) groups excluding carboxylic acids is 1. The molecule has 0 saturated carbocycles. The van der Waals surface area contributed by atoms with E-state index in [1.165, 1.54) is 4.90 Å². The number of amides is 1. The summed E-state index contributed by atoms with van der Waals surface area (Å²) in [5.74, 6) is -1.40. The standard InChI is InChI=1S/C7H12N2O3/c8-3-6(10)9-2-1-5(4-9)7(11)12/h5H,1-4,8H2,(H,11,12). The molecule has 5 heteroatoms. The molecule has 0 aliphatic carbocycles. The Labute approximate surface area is 70.1 Å². The van der Waals surface area contributed by atoms with Gasteiger partial charge in [0.25, 0.3) is 0 Å². The Balaban J connectivity index is 2.45. The average molecular weight is 172 g/mol. The zero-order valence-corrected chi connectivity index (χ0v) is 6.69. The molecule has 1 heterocycles. The van der Waals surface area contributed by atoms with Gasteiger partial charge in [0.15, 0.2) is 0 Å². The first-order chi connectivity index (χ1) is 5.65. The van der Waals surface area contributed by atoms with Gasteiger partial charge in [-0.2, -0.15) is 0 Å². The first-order valence-corrected chi connectivity index (χ1v) is 3.85. The lowest BCUT2D eigenvalue weighted by Crippen LogP contribution is -2.34. The minimum Gasteiger partial charge on any atom is -0.481 e. The number of hydrogen-bond donors (Lipinski definition) is 2. The Morgan fingerprint density at radius 1 is 1.58 bits per heavy atom. The second kappa shape index (κ2) is 3.53. The van der Waals surface area contributed by atoms with Crippen molar-refractivity contribution < 1.29 is 14.7 Å². The molecule has 1 fully saturated rings. The number of hydrogen-bond acceptors (Lipinski definition) is 3. The van der Waals surface area contributed by atoms with Crippen LogP contribution >= 0.6 is 0 Å². The maximum absolute atomic E-state index is 11.0. The van der Waals surface area contributed by atoms with E-state index in [2.05, 4.69) is 0 Å². The van der Waals surface area contributed by atoms with Gasteiger partial charge in [0, 0.05) is 13.1 Å². The highest BCUT2D eigenvalue weighted by molar-refractivity contribution is 5.80. The monoisotopic (exact) mass is 172 g/mol. The molecule has 1 unspecified atom stereocenters. The van der Waals surface area contributed by atoms with Crippen LogP contribution in [0.4, 0.5) is 0 Å². The van der Waals surface area contributed by atoms with Gasteiger partial charge in [-0.25, -0.2) is 0 Å². The Morgan fingerprint density at radius 3 is 2.67 bits per heavy atom. The quantitative estimate of drug-likeness (QED) is 0.552. The van der Waals surface area contributed by atoms with Crippen molar-refractivity contribution in [2.75, 3.05) is 19.6 Å². The summed E-state index contributed by atoms with van der Waals surface area (Å²) in [6.07, 6.45) is 0.543. The van der Waals surface area contributed by atoms with Crippen LogP contribution in [-0.2, 0) is 9.59 Å². The fourth-order valence-corrected chi connectivity index (χ4v) is 1.32. The molecule has 1 amide bonds. The fourth-order valence-electron chi connectivity index (χ4n) is 1.32. The molecule has 0 radical (unpaired) electrons. The maximum Gasteiger partial charge on any atom is 0.308 e. The first kappa shape index (κ1) is 8.99. The molecule has 0 aromatic heterocycles. The van der Waals surface area contributed by atoms with Crippen LogP contribution < -0.4 is 5.73 Å². The lowest BCUT2D eigenvalue weighted by Gasteiger charge is -2.13. The number of likely N-dealkylation sites (tertiary alicyclic amines) is 1. The lowest BCUT2D eigenvalue weighted by atomic mass is 10.1. The number of carbonyl (C=O) groups is 2. The van der Waals surface area contributed by atoms with Crippen molar-refractivity contribution in [1.29, 1.82) is 0 Å². The van der Waals surface area contributed by atoms with Crippen LogP contribution in [0.5, 0.6) is 0 Å². The molecule has 1 saturated heterocycles. The fraction of sp³-hybridized carbons (Fsp3) is 0.714. The van der Waals surface area contributed by atoms with E-state index in [0.29, 0.717) is 19.5 Å². The molecule has 0 spiro atoms. The van der Waals surface area contributed by atoms with Crippen LogP contribution in [0.3, 0.4) is 0 Å². The van der Waals surface area contributed by atoms with Gasteiger partial charge in [-0.15, -0.1) is 0 Å². The van der Waals surface area contributed by atoms with Crippen molar-refractivity contribution in [3.8, 4) is 0 Å². The first-order valence-electron chi connectivity index (χ1n) is 3.85. The van der Waals surface area contributed by atoms with Gasteiger partial charge in [-0.1, -0.05) is 0 Å². The molecule has 3 N–H and O–H groups in total. The highest BCUT2D eigenvalue weighted by atomic mass is 16.4. The summed E-state index contributed by atoms with van der Waals surface area (Å²) in [6.45, 7) is 0.796. The van der Waals surface area contributed by atoms with Gasteiger partial charge in [0.1, 0.15) is 0 Å². The largest absolute Gasteiger partial charge is 0.481 e. The van der Waals surface area contributed by atoms with Crippen LogP contribution in [0, 0.1) is 5.92 Å². The molecule has 68 valence electrons. The lowest BCUT2D eigenvalue weighted by molar-refractivity contribution is -0.141. The van der Waals surface area contributed by atoms with Gasteiger partial charge in [0.05, 0.1) is 12.5 Å². The Bertz CT molecular complexity index is 205. The van der Waals surface area contributed by atoms with Crippen LogP contribution in [0.15, 0.2) is 0 Å². The average Bonchev–Trinajstić information content (AvgIpc) is 2.51. The predicted molar refractivity (Wildman–Crippen MR) is 41.4 cm³/mol. The van der Waals surface area contributed by atoms with E-state index in [0.717, 1.165) is 0 Å². The Kier molecular flexibility index (Phi) is 2.65. The van der Waals surface area contributed by atoms with Crippen LogP contribution in [0.25, 0.3) is 0 Å². The number of aliphatic carboxylic acids is 1. The third kappa shape index (κ3) is 1.73. The van der Waals surface area contributed by atoms with Crippen molar-refractivity contribution in [1.82, 2.24) is 4.90 Å².